The van der Waals surface area contributed by atoms with E-state index >= 15 is 0 Å². The van der Waals surface area contributed by atoms with Gasteiger partial charge in [-0.3, -0.25) is 4.90 Å². The summed E-state index contributed by atoms with van der Waals surface area (Å²) in [5.74, 6) is 0.787. The van der Waals surface area contributed by atoms with E-state index in [0.29, 0.717) is 12.1 Å². The lowest BCUT2D eigenvalue weighted by atomic mass is 10.1. The number of nitrogens with zero attached hydrogens (tertiary/aromatic N) is 2. The van der Waals surface area contributed by atoms with Crippen molar-refractivity contribution in [2.24, 2.45) is 0 Å². The van der Waals surface area contributed by atoms with Gasteiger partial charge in [-0.05, 0) is 33.9 Å². The number of halogens is 1. The van der Waals surface area contributed by atoms with Crippen molar-refractivity contribution in [3.8, 4) is 0 Å². The maximum Gasteiger partial charge on any atom is 0.0235 e. The van der Waals surface area contributed by atoms with E-state index in [4.69, 9.17) is 11.6 Å². The number of piperazine rings is 1. The van der Waals surface area contributed by atoms with Crippen molar-refractivity contribution >= 4 is 11.6 Å². The Morgan fingerprint density at radius 3 is 2.23 bits per heavy atom. The van der Waals surface area contributed by atoms with Gasteiger partial charge in [0.25, 0.3) is 0 Å². The molecule has 0 bridgehead atoms. The Hall–Kier alpha value is 0.210. The van der Waals surface area contributed by atoms with E-state index < -0.39 is 0 Å². The van der Waals surface area contributed by atoms with Gasteiger partial charge in [-0.15, -0.1) is 11.6 Å². The summed E-state index contributed by atoms with van der Waals surface area (Å²) in [6.07, 6.45) is 1.12. The van der Waals surface area contributed by atoms with Gasteiger partial charge in [0.15, 0.2) is 0 Å². The lowest BCUT2D eigenvalue weighted by molar-refractivity contribution is 0.0604. The fraction of sp³-hybridized carbons (Fsp3) is 1.00. The molecule has 3 heteroatoms. The van der Waals surface area contributed by atoms with E-state index in [1.807, 2.05) is 0 Å². The van der Waals surface area contributed by atoms with Crippen molar-refractivity contribution in [1.29, 1.82) is 0 Å². The summed E-state index contributed by atoms with van der Waals surface area (Å²) in [5.41, 5.74) is 0. The second kappa shape index (κ2) is 5.18. The SMILES string of the molecule is CC1CN(CCCCl)CC(C)N1C. The molecule has 0 aromatic heterocycles. The third kappa shape index (κ3) is 3.12. The molecule has 0 aliphatic carbocycles. The second-order valence-electron chi connectivity index (χ2n) is 4.17. The smallest absolute Gasteiger partial charge is 0.0235 e. The molecule has 0 saturated carbocycles. The Morgan fingerprint density at radius 2 is 1.77 bits per heavy atom. The van der Waals surface area contributed by atoms with Crippen LogP contribution in [0.1, 0.15) is 20.3 Å². The molecule has 13 heavy (non-hydrogen) atoms. The first-order valence-electron chi connectivity index (χ1n) is 5.15. The topological polar surface area (TPSA) is 6.48 Å². The molecule has 2 nitrogen and oxygen atoms in total. The van der Waals surface area contributed by atoms with Crippen LogP contribution in [-0.4, -0.2) is 54.4 Å². The molecule has 0 aromatic rings. The van der Waals surface area contributed by atoms with Gasteiger partial charge in [0.05, 0.1) is 0 Å². The summed E-state index contributed by atoms with van der Waals surface area (Å²) in [6.45, 7) is 8.13. The number of alkyl halides is 1. The van der Waals surface area contributed by atoms with Crippen LogP contribution >= 0.6 is 11.6 Å². The predicted molar refractivity (Wildman–Crippen MR) is 58.5 cm³/mol. The average molecular weight is 205 g/mol. The Morgan fingerprint density at radius 1 is 1.23 bits per heavy atom. The van der Waals surface area contributed by atoms with Gasteiger partial charge in [0.2, 0.25) is 0 Å². The highest BCUT2D eigenvalue weighted by molar-refractivity contribution is 6.17. The van der Waals surface area contributed by atoms with Crippen molar-refractivity contribution in [3.05, 3.63) is 0 Å². The minimum absolute atomic E-state index is 0.680. The fourth-order valence-corrected chi connectivity index (χ4v) is 2.10. The monoisotopic (exact) mass is 204 g/mol. The van der Waals surface area contributed by atoms with Gasteiger partial charge in [0, 0.05) is 31.1 Å². The summed E-state index contributed by atoms with van der Waals surface area (Å²) in [7, 11) is 2.22. The third-order valence-corrected chi connectivity index (χ3v) is 3.31. The summed E-state index contributed by atoms with van der Waals surface area (Å²) in [4.78, 5) is 4.98. The van der Waals surface area contributed by atoms with Gasteiger partial charge >= 0.3 is 0 Å². The lowest BCUT2D eigenvalue weighted by Gasteiger charge is -2.42. The van der Waals surface area contributed by atoms with Crippen LogP contribution in [0.15, 0.2) is 0 Å². The molecule has 1 rings (SSSR count). The predicted octanol–water partition coefficient (Wildman–Crippen LogP) is 1.64. The summed E-state index contributed by atoms with van der Waals surface area (Å²) in [6, 6.07) is 1.36. The van der Waals surface area contributed by atoms with Crippen LogP contribution in [0.3, 0.4) is 0 Å². The van der Waals surface area contributed by atoms with E-state index in [2.05, 4.69) is 30.7 Å². The molecule has 78 valence electrons. The molecule has 0 aromatic carbocycles. The van der Waals surface area contributed by atoms with Gasteiger partial charge in [-0.2, -0.15) is 0 Å². The molecule has 2 unspecified atom stereocenters. The van der Waals surface area contributed by atoms with E-state index in [1.165, 1.54) is 13.1 Å². The fourth-order valence-electron chi connectivity index (χ4n) is 1.98. The van der Waals surface area contributed by atoms with Crippen molar-refractivity contribution < 1.29 is 0 Å². The van der Waals surface area contributed by atoms with Gasteiger partial charge < -0.3 is 4.90 Å². The quantitative estimate of drug-likeness (QED) is 0.645. The minimum Gasteiger partial charge on any atom is -0.300 e. The molecule has 0 spiro atoms. The number of likely N-dealkylation sites (N-methyl/N-ethyl adjacent to an activating group) is 1. The molecule has 1 saturated heterocycles. The second-order valence-corrected chi connectivity index (χ2v) is 4.54. The van der Waals surface area contributed by atoms with Crippen LogP contribution in [0.4, 0.5) is 0 Å². The maximum absolute atomic E-state index is 5.69. The van der Waals surface area contributed by atoms with Crippen molar-refractivity contribution in [3.63, 3.8) is 0 Å². The molecule has 0 amide bonds. The van der Waals surface area contributed by atoms with E-state index in [-0.39, 0.29) is 0 Å². The average Bonchev–Trinajstić information content (AvgIpc) is 2.10. The highest BCUT2D eigenvalue weighted by atomic mass is 35.5. The zero-order chi connectivity index (χ0) is 9.84. The molecular formula is C10H21ClN2. The van der Waals surface area contributed by atoms with E-state index in [0.717, 1.165) is 18.8 Å². The van der Waals surface area contributed by atoms with Crippen molar-refractivity contribution in [1.82, 2.24) is 9.80 Å². The van der Waals surface area contributed by atoms with Crippen LogP contribution in [-0.2, 0) is 0 Å². The van der Waals surface area contributed by atoms with Gasteiger partial charge in [0.1, 0.15) is 0 Å². The lowest BCUT2D eigenvalue weighted by Crippen LogP contribution is -2.54. The van der Waals surface area contributed by atoms with Crippen LogP contribution in [0.5, 0.6) is 0 Å². The summed E-state index contributed by atoms with van der Waals surface area (Å²) >= 11 is 5.69. The molecule has 0 radical (unpaired) electrons. The molecule has 1 heterocycles. The van der Waals surface area contributed by atoms with Gasteiger partial charge in [-0.1, -0.05) is 0 Å². The Labute approximate surface area is 86.8 Å². The largest absolute Gasteiger partial charge is 0.300 e. The van der Waals surface area contributed by atoms with E-state index in [9.17, 15) is 0 Å². The van der Waals surface area contributed by atoms with Crippen LogP contribution < -0.4 is 0 Å². The highest BCUT2D eigenvalue weighted by Gasteiger charge is 2.25. The van der Waals surface area contributed by atoms with Crippen LogP contribution in [0, 0.1) is 0 Å². The molecule has 1 aliphatic rings. The Balaban J connectivity index is 2.35. The zero-order valence-corrected chi connectivity index (χ0v) is 9.72. The molecule has 0 N–H and O–H groups in total. The van der Waals surface area contributed by atoms with E-state index in [1.54, 1.807) is 0 Å². The van der Waals surface area contributed by atoms with Crippen molar-refractivity contribution in [2.75, 3.05) is 32.6 Å². The zero-order valence-electron chi connectivity index (χ0n) is 8.96. The Bertz CT molecular complexity index is 140. The first kappa shape index (κ1) is 11.3. The Kier molecular flexibility index (Phi) is 4.50. The normalized spacial score (nSPS) is 32.3. The van der Waals surface area contributed by atoms with Crippen LogP contribution in [0.25, 0.3) is 0 Å². The van der Waals surface area contributed by atoms with Crippen LogP contribution in [0.2, 0.25) is 0 Å². The molecule has 1 aliphatic heterocycles. The molecular weight excluding hydrogens is 184 g/mol. The van der Waals surface area contributed by atoms with Gasteiger partial charge in [-0.25, -0.2) is 0 Å². The number of rotatable bonds is 3. The third-order valence-electron chi connectivity index (χ3n) is 3.04. The summed E-state index contributed by atoms with van der Waals surface area (Å²) < 4.78 is 0. The minimum atomic E-state index is 0.680. The number of hydrogen-bond donors (Lipinski definition) is 0. The number of hydrogen-bond acceptors (Lipinski definition) is 2. The van der Waals surface area contributed by atoms with Crippen molar-refractivity contribution in [2.45, 2.75) is 32.4 Å². The molecule has 2 atom stereocenters. The standard InChI is InChI=1S/C10H21ClN2/c1-9-7-13(6-4-5-11)8-10(2)12(9)3/h9-10H,4-8H2,1-3H3. The summed E-state index contributed by atoms with van der Waals surface area (Å²) in [5, 5.41) is 0. The first-order chi connectivity index (χ1) is 6.15. The maximum atomic E-state index is 5.69. The molecule has 1 fully saturated rings. The first-order valence-corrected chi connectivity index (χ1v) is 5.69. The highest BCUT2D eigenvalue weighted by Crippen LogP contribution is 2.13.